The highest BCUT2D eigenvalue weighted by Gasteiger charge is 2.10. The second-order valence-corrected chi connectivity index (χ2v) is 5.88. The van der Waals surface area contributed by atoms with E-state index in [9.17, 15) is 8.42 Å². The van der Waals surface area contributed by atoms with Crippen molar-refractivity contribution in [2.24, 2.45) is 0 Å². The summed E-state index contributed by atoms with van der Waals surface area (Å²) in [7, 11) is -3.13. The van der Waals surface area contributed by atoms with E-state index < -0.39 is 10.0 Å². The third kappa shape index (κ3) is 5.86. The van der Waals surface area contributed by atoms with E-state index >= 15 is 0 Å². The molecular formula is C11H20N2O3S. The molecule has 5 nitrogen and oxygen atoms in total. The lowest BCUT2D eigenvalue weighted by atomic mass is 10.2. The molecule has 17 heavy (non-hydrogen) atoms. The molecule has 98 valence electrons. The van der Waals surface area contributed by atoms with Crippen LogP contribution in [-0.4, -0.2) is 33.3 Å². The highest BCUT2D eigenvalue weighted by Crippen LogP contribution is 2.03. The lowest BCUT2D eigenvalue weighted by molar-refractivity contribution is 0.462. The van der Waals surface area contributed by atoms with Crippen LogP contribution in [0, 0.1) is 0 Å². The van der Waals surface area contributed by atoms with E-state index in [1.165, 1.54) is 0 Å². The van der Waals surface area contributed by atoms with Gasteiger partial charge in [0.1, 0.15) is 5.76 Å². The molecule has 0 bridgehead atoms. The van der Waals surface area contributed by atoms with Gasteiger partial charge in [0.05, 0.1) is 12.0 Å². The van der Waals surface area contributed by atoms with Crippen molar-refractivity contribution in [3.63, 3.8) is 0 Å². The first-order valence-corrected chi connectivity index (χ1v) is 7.42. The molecule has 0 aromatic carbocycles. The van der Waals surface area contributed by atoms with Gasteiger partial charge in [0.15, 0.2) is 0 Å². The minimum Gasteiger partial charge on any atom is -0.469 e. The average Bonchev–Trinajstić information content (AvgIpc) is 2.69. The summed E-state index contributed by atoms with van der Waals surface area (Å²) in [5.74, 6) is 1.00. The van der Waals surface area contributed by atoms with Crippen LogP contribution in [0.2, 0.25) is 0 Å². The maximum atomic E-state index is 11.4. The van der Waals surface area contributed by atoms with Gasteiger partial charge in [0.2, 0.25) is 10.0 Å². The number of furan rings is 1. The minimum absolute atomic E-state index is 0.101. The van der Waals surface area contributed by atoms with Gasteiger partial charge in [-0.15, -0.1) is 0 Å². The Morgan fingerprint density at radius 2 is 2.24 bits per heavy atom. The molecular weight excluding hydrogens is 240 g/mol. The standard InChI is InChI=1S/C11H20N2O3S/c1-3-13-17(14,15)8-6-12-10(2)9-11-5-4-7-16-11/h4-5,7,10,12-13H,3,6,8-9H2,1-2H3. The third-order valence-corrected chi connectivity index (χ3v) is 3.79. The lowest BCUT2D eigenvalue weighted by Crippen LogP contribution is -2.36. The van der Waals surface area contributed by atoms with E-state index in [1.54, 1.807) is 13.2 Å². The highest BCUT2D eigenvalue weighted by atomic mass is 32.2. The van der Waals surface area contributed by atoms with Crippen LogP contribution >= 0.6 is 0 Å². The van der Waals surface area contributed by atoms with Crippen LogP contribution in [0.25, 0.3) is 0 Å². The van der Waals surface area contributed by atoms with Crippen molar-refractivity contribution >= 4 is 10.0 Å². The number of hydrogen-bond donors (Lipinski definition) is 2. The van der Waals surface area contributed by atoms with Gasteiger partial charge >= 0.3 is 0 Å². The van der Waals surface area contributed by atoms with Crippen LogP contribution in [0.3, 0.4) is 0 Å². The normalized spacial score (nSPS) is 13.8. The van der Waals surface area contributed by atoms with Crippen LogP contribution in [0.5, 0.6) is 0 Å². The fourth-order valence-electron chi connectivity index (χ4n) is 1.53. The molecule has 1 heterocycles. The molecule has 0 aliphatic carbocycles. The van der Waals surface area contributed by atoms with Crippen LogP contribution in [0.1, 0.15) is 19.6 Å². The molecule has 0 aliphatic heterocycles. The summed E-state index contributed by atoms with van der Waals surface area (Å²) in [6.45, 7) is 4.65. The molecule has 0 spiro atoms. The monoisotopic (exact) mass is 260 g/mol. The molecule has 0 saturated heterocycles. The number of rotatable bonds is 8. The first-order valence-electron chi connectivity index (χ1n) is 5.76. The van der Waals surface area contributed by atoms with Crippen molar-refractivity contribution < 1.29 is 12.8 Å². The first kappa shape index (κ1) is 14.2. The zero-order valence-electron chi connectivity index (χ0n) is 10.3. The molecule has 0 fully saturated rings. The van der Waals surface area contributed by atoms with Crippen molar-refractivity contribution in [3.05, 3.63) is 24.2 Å². The van der Waals surface area contributed by atoms with E-state index in [0.29, 0.717) is 13.1 Å². The second-order valence-electron chi connectivity index (χ2n) is 3.96. The molecule has 0 radical (unpaired) electrons. The number of sulfonamides is 1. The molecule has 0 saturated carbocycles. The molecule has 1 aromatic rings. The van der Waals surface area contributed by atoms with E-state index in [1.807, 2.05) is 19.1 Å². The number of hydrogen-bond acceptors (Lipinski definition) is 4. The van der Waals surface area contributed by atoms with Crippen molar-refractivity contribution in [2.45, 2.75) is 26.3 Å². The summed E-state index contributed by atoms with van der Waals surface area (Å²) in [6.07, 6.45) is 2.39. The quantitative estimate of drug-likeness (QED) is 0.723. The zero-order valence-corrected chi connectivity index (χ0v) is 11.1. The Bertz CT molecular complexity index is 400. The van der Waals surface area contributed by atoms with Crippen molar-refractivity contribution in [1.29, 1.82) is 0 Å². The van der Waals surface area contributed by atoms with Gasteiger partial charge in [0, 0.05) is 25.6 Å². The molecule has 1 rings (SSSR count). The molecule has 1 aromatic heterocycles. The molecule has 2 N–H and O–H groups in total. The zero-order chi connectivity index (χ0) is 12.7. The van der Waals surface area contributed by atoms with Gasteiger partial charge < -0.3 is 9.73 Å². The largest absolute Gasteiger partial charge is 0.469 e. The van der Waals surface area contributed by atoms with Crippen LogP contribution in [-0.2, 0) is 16.4 Å². The fraction of sp³-hybridized carbons (Fsp3) is 0.636. The number of nitrogens with one attached hydrogen (secondary N) is 2. The molecule has 1 atom stereocenters. The maximum Gasteiger partial charge on any atom is 0.212 e. The Morgan fingerprint density at radius 3 is 2.82 bits per heavy atom. The Morgan fingerprint density at radius 1 is 1.47 bits per heavy atom. The lowest BCUT2D eigenvalue weighted by Gasteiger charge is -2.12. The Balaban J connectivity index is 2.22. The van der Waals surface area contributed by atoms with Crippen LogP contribution in [0.4, 0.5) is 0 Å². The summed E-state index contributed by atoms with van der Waals surface area (Å²) < 4.78 is 30.4. The fourth-order valence-corrected chi connectivity index (χ4v) is 2.51. The third-order valence-electron chi connectivity index (χ3n) is 2.32. The van der Waals surface area contributed by atoms with Crippen LogP contribution < -0.4 is 10.0 Å². The van der Waals surface area contributed by atoms with Crippen molar-refractivity contribution in [2.75, 3.05) is 18.8 Å². The summed E-state index contributed by atoms with van der Waals surface area (Å²) >= 11 is 0. The molecule has 6 heteroatoms. The van der Waals surface area contributed by atoms with Gasteiger partial charge in [-0.2, -0.15) is 0 Å². The van der Waals surface area contributed by atoms with Crippen LogP contribution in [0.15, 0.2) is 22.8 Å². The predicted molar refractivity (Wildman–Crippen MR) is 67.3 cm³/mol. The first-order chi connectivity index (χ1) is 8.03. The topological polar surface area (TPSA) is 71.3 Å². The second kappa shape index (κ2) is 6.78. The smallest absolute Gasteiger partial charge is 0.212 e. The summed E-state index contributed by atoms with van der Waals surface area (Å²) in [4.78, 5) is 0. The van der Waals surface area contributed by atoms with E-state index in [-0.39, 0.29) is 11.8 Å². The maximum absolute atomic E-state index is 11.4. The summed E-state index contributed by atoms with van der Waals surface area (Å²) in [6, 6.07) is 3.95. The summed E-state index contributed by atoms with van der Waals surface area (Å²) in [5, 5.41) is 3.16. The van der Waals surface area contributed by atoms with Gasteiger partial charge in [-0.1, -0.05) is 6.92 Å². The van der Waals surface area contributed by atoms with E-state index in [2.05, 4.69) is 10.0 Å². The SMILES string of the molecule is CCNS(=O)(=O)CCNC(C)Cc1ccco1. The van der Waals surface area contributed by atoms with Gasteiger partial charge in [-0.05, 0) is 19.1 Å². The minimum atomic E-state index is -3.13. The van der Waals surface area contributed by atoms with E-state index in [0.717, 1.165) is 12.2 Å². The Kier molecular flexibility index (Phi) is 5.67. The molecule has 1 unspecified atom stereocenters. The Labute approximate surface area is 103 Å². The average molecular weight is 260 g/mol. The van der Waals surface area contributed by atoms with Crippen molar-refractivity contribution in [3.8, 4) is 0 Å². The van der Waals surface area contributed by atoms with Crippen molar-refractivity contribution in [1.82, 2.24) is 10.0 Å². The molecule has 0 amide bonds. The van der Waals surface area contributed by atoms with Gasteiger partial charge in [0.25, 0.3) is 0 Å². The van der Waals surface area contributed by atoms with Gasteiger partial charge in [-0.3, -0.25) is 0 Å². The van der Waals surface area contributed by atoms with Gasteiger partial charge in [-0.25, -0.2) is 13.1 Å². The highest BCUT2D eigenvalue weighted by molar-refractivity contribution is 7.89. The van der Waals surface area contributed by atoms with E-state index in [4.69, 9.17) is 4.42 Å². The predicted octanol–water partition coefficient (Wildman–Crippen LogP) is 0.740. The Hall–Kier alpha value is -0.850. The summed E-state index contributed by atoms with van der Waals surface area (Å²) in [5.41, 5.74) is 0. The molecule has 0 aliphatic rings.